The Morgan fingerprint density at radius 2 is 1.94 bits per heavy atom. The van der Waals surface area contributed by atoms with Crippen LogP contribution in [0, 0.1) is 0 Å². The van der Waals surface area contributed by atoms with Crippen LogP contribution in [0.25, 0.3) is 0 Å². The molecule has 0 spiro atoms. The monoisotopic (exact) mass is 251 g/mol. The Hall–Kier alpha value is -1.13. The molecule has 0 radical (unpaired) electrons. The van der Waals surface area contributed by atoms with E-state index in [1.165, 1.54) is 0 Å². The van der Waals surface area contributed by atoms with E-state index in [9.17, 15) is 5.11 Å². The second-order valence-electron chi connectivity index (χ2n) is 5.02. The van der Waals surface area contributed by atoms with Crippen molar-refractivity contribution in [2.45, 2.75) is 32.9 Å². The van der Waals surface area contributed by atoms with Gasteiger partial charge in [-0.2, -0.15) is 0 Å². The first-order chi connectivity index (χ1) is 8.45. The normalized spacial score (nSPS) is 14.6. The molecule has 0 aliphatic heterocycles. The summed E-state index contributed by atoms with van der Waals surface area (Å²) in [6, 6.07) is 4.34. The maximum absolute atomic E-state index is 9.48. The number of aliphatic hydroxyl groups is 1. The molecule has 102 valence electrons. The zero-order valence-corrected chi connectivity index (χ0v) is 12.1. The van der Waals surface area contributed by atoms with E-state index in [1.807, 2.05) is 12.1 Å². The number of hydrogen-bond donors (Lipinski definition) is 1. The molecule has 1 rings (SSSR count). The quantitative estimate of drug-likeness (QED) is 0.838. The number of aliphatic hydroxyl groups excluding tert-OH is 1. The van der Waals surface area contributed by atoms with Crippen LogP contribution in [-0.4, -0.2) is 48.2 Å². The molecule has 4 heteroatoms. The van der Waals surface area contributed by atoms with Gasteiger partial charge in [0.25, 0.3) is 0 Å². The number of hydrogen-bond acceptors (Lipinski definition) is 4. The second-order valence-corrected chi connectivity index (χ2v) is 5.02. The van der Waals surface area contributed by atoms with Crippen molar-refractivity contribution in [1.82, 2.24) is 9.88 Å². The van der Waals surface area contributed by atoms with Crippen LogP contribution in [0.5, 0.6) is 0 Å². The van der Waals surface area contributed by atoms with Crippen LogP contribution in [-0.2, 0) is 0 Å². The number of rotatable bonds is 6. The Labute approximate surface area is 110 Å². The number of anilines is 1. The van der Waals surface area contributed by atoms with Gasteiger partial charge in [-0.05, 0) is 46.5 Å². The molecule has 0 bridgehead atoms. The lowest BCUT2D eigenvalue weighted by molar-refractivity contribution is 0.199. The first-order valence-electron chi connectivity index (χ1n) is 6.51. The van der Waals surface area contributed by atoms with E-state index in [-0.39, 0.29) is 0 Å². The second kappa shape index (κ2) is 6.71. The van der Waals surface area contributed by atoms with Gasteiger partial charge < -0.3 is 14.9 Å². The zero-order chi connectivity index (χ0) is 13.7. The van der Waals surface area contributed by atoms with E-state index in [0.717, 1.165) is 24.5 Å². The predicted octanol–water partition coefficient (Wildman–Crippen LogP) is 1.91. The van der Waals surface area contributed by atoms with E-state index < -0.39 is 6.10 Å². The molecular weight excluding hydrogens is 226 g/mol. The lowest BCUT2D eigenvalue weighted by atomic mass is 10.2. The number of nitrogens with zero attached hydrogens (tertiary/aromatic N) is 3. The van der Waals surface area contributed by atoms with Crippen molar-refractivity contribution in [3.8, 4) is 0 Å². The molecule has 0 aliphatic rings. The minimum absolute atomic E-state index is 0.412. The average molecular weight is 251 g/mol. The lowest BCUT2D eigenvalue weighted by Gasteiger charge is -2.31. The van der Waals surface area contributed by atoms with Crippen molar-refractivity contribution in [2.75, 3.05) is 32.1 Å². The third-order valence-corrected chi connectivity index (χ3v) is 3.05. The summed E-state index contributed by atoms with van der Waals surface area (Å²) in [6.07, 6.45) is 1.30. The summed E-state index contributed by atoms with van der Waals surface area (Å²) in [5.74, 6) is 0.969. The summed E-state index contributed by atoms with van der Waals surface area (Å²) in [5, 5.41) is 9.48. The zero-order valence-electron chi connectivity index (χ0n) is 12.1. The Morgan fingerprint density at radius 3 is 2.33 bits per heavy atom. The highest BCUT2D eigenvalue weighted by atomic mass is 16.3. The predicted molar refractivity (Wildman–Crippen MR) is 75.9 cm³/mol. The molecule has 0 amide bonds. The maximum Gasteiger partial charge on any atom is 0.128 e. The van der Waals surface area contributed by atoms with Crippen LogP contribution in [0.1, 0.15) is 32.4 Å². The van der Waals surface area contributed by atoms with Gasteiger partial charge >= 0.3 is 0 Å². The molecule has 4 nitrogen and oxygen atoms in total. The first-order valence-corrected chi connectivity index (χ1v) is 6.51. The third-order valence-electron chi connectivity index (χ3n) is 3.05. The standard InChI is InChI=1S/C14H25N3O/c1-6-17(11(2)10-16(4)5)14-8-7-13(9-15-14)12(3)18/h7-9,11-12,18H,6,10H2,1-5H3. The van der Waals surface area contributed by atoms with Gasteiger partial charge in [-0.3, -0.25) is 0 Å². The maximum atomic E-state index is 9.48. The Morgan fingerprint density at radius 1 is 1.28 bits per heavy atom. The van der Waals surface area contributed by atoms with Crippen molar-refractivity contribution in [1.29, 1.82) is 0 Å². The van der Waals surface area contributed by atoms with Crippen molar-refractivity contribution < 1.29 is 5.11 Å². The van der Waals surface area contributed by atoms with Crippen LogP contribution in [0.15, 0.2) is 18.3 Å². The molecule has 0 fully saturated rings. The average Bonchev–Trinajstić information content (AvgIpc) is 2.29. The fourth-order valence-corrected chi connectivity index (χ4v) is 2.14. The summed E-state index contributed by atoms with van der Waals surface area (Å²) in [7, 11) is 4.16. The van der Waals surface area contributed by atoms with Crippen molar-refractivity contribution >= 4 is 5.82 Å². The summed E-state index contributed by atoms with van der Waals surface area (Å²) >= 11 is 0. The van der Waals surface area contributed by atoms with Gasteiger partial charge in [0.15, 0.2) is 0 Å². The molecule has 2 unspecified atom stereocenters. The number of likely N-dealkylation sites (N-methyl/N-ethyl adjacent to an activating group) is 2. The minimum atomic E-state index is -0.458. The van der Waals surface area contributed by atoms with Gasteiger partial charge in [-0.25, -0.2) is 4.98 Å². The number of aromatic nitrogens is 1. The van der Waals surface area contributed by atoms with Crippen molar-refractivity contribution in [3.63, 3.8) is 0 Å². The van der Waals surface area contributed by atoms with Crippen LogP contribution < -0.4 is 4.90 Å². The Bertz CT molecular complexity index is 349. The van der Waals surface area contributed by atoms with Gasteiger partial charge in [0.05, 0.1) is 6.10 Å². The van der Waals surface area contributed by atoms with Crippen LogP contribution in [0.2, 0.25) is 0 Å². The molecule has 0 aliphatic carbocycles. The van der Waals surface area contributed by atoms with E-state index >= 15 is 0 Å². The minimum Gasteiger partial charge on any atom is -0.389 e. The highest BCUT2D eigenvalue weighted by Crippen LogP contribution is 2.17. The van der Waals surface area contributed by atoms with E-state index in [4.69, 9.17) is 0 Å². The van der Waals surface area contributed by atoms with Crippen molar-refractivity contribution in [2.24, 2.45) is 0 Å². The van der Waals surface area contributed by atoms with Gasteiger partial charge in [0.1, 0.15) is 5.82 Å². The van der Waals surface area contributed by atoms with Gasteiger partial charge in [0.2, 0.25) is 0 Å². The topological polar surface area (TPSA) is 39.6 Å². The third kappa shape index (κ3) is 3.96. The lowest BCUT2D eigenvalue weighted by Crippen LogP contribution is -2.40. The fraction of sp³-hybridized carbons (Fsp3) is 0.643. The van der Waals surface area contributed by atoms with E-state index in [0.29, 0.717) is 6.04 Å². The molecule has 0 aromatic carbocycles. The highest BCUT2D eigenvalue weighted by molar-refractivity contribution is 5.40. The number of pyridine rings is 1. The highest BCUT2D eigenvalue weighted by Gasteiger charge is 2.14. The summed E-state index contributed by atoms with van der Waals surface area (Å²) in [5.41, 5.74) is 0.857. The largest absolute Gasteiger partial charge is 0.389 e. The molecule has 1 heterocycles. The summed E-state index contributed by atoms with van der Waals surface area (Å²) < 4.78 is 0. The first kappa shape index (κ1) is 14.9. The molecule has 0 saturated heterocycles. The summed E-state index contributed by atoms with van der Waals surface area (Å²) in [4.78, 5) is 8.89. The molecular formula is C14H25N3O. The molecule has 0 saturated carbocycles. The molecule has 1 aromatic heterocycles. The summed E-state index contributed by atoms with van der Waals surface area (Å²) in [6.45, 7) is 8.01. The SMILES string of the molecule is CCN(c1ccc(C(C)O)cn1)C(C)CN(C)C. The van der Waals surface area contributed by atoms with Gasteiger partial charge in [-0.1, -0.05) is 6.07 Å². The van der Waals surface area contributed by atoms with Crippen LogP contribution in [0.4, 0.5) is 5.82 Å². The molecule has 2 atom stereocenters. The van der Waals surface area contributed by atoms with Gasteiger partial charge in [0, 0.05) is 25.3 Å². The Kier molecular flexibility index (Phi) is 5.56. The molecule has 1 N–H and O–H groups in total. The van der Waals surface area contributed by atoms with Crippen LogP contribution >= 0.6 is 0 Å². The Balaban J connectivity index is 2.81. The van der Waals surface area contributed by atoms with Crippen molar-refractivity contribution in [3.05, 3.63) is 23.9 Å². The smallest absolute Gasteiger partial charge is 0.128 e. The van der Waals surface area contributed by atoms with E-state index in [2.05, 4.69) is 42.7 Å². The van der Waals surface area contributed by atoms with E-state index in [1.54, 1.807) is 13.1 Å². The molecule has 18 heavy (non-hydrogen) atoms. The van der Waals surface area contributed by atoms with Crippen LogP contribution in [0.3, 0.4) is 0 Å². The fourth-order valence-electron chi connectivity index (χ4n) is 2.14. The van der Waals surface area contributed by atoms with Gasteiger partial charge in [-0.15, -0.1) is 0 Å². The molecule has 1 aromatic rings.